The van der Waals surface area contributed by atoms with Crippen LogP contribution in [0.2, 0.25) is 5.02 Å². The molecule has 1 fully saturated rings. The second kappa shape index (κ2) is 15.5. The molecule has 0 aliphatic carbocycles. The van der Waals surface area contributed by atoms with Crippen molar-refractivity contribution in [3.63, 3.8) is 0 Å². The van der Waals surface area contributed by atoms with Gasteiger partial charge in [0.2, 0.25) is 5.91 Å². The number of nitrogens with one attached hydrogen (secondary N) is 3. The van der Waals surface area contributed by atoms with Gasteiger partial charge in [0.15, 0.2) is 0 Å². The van der Waals surface area contributed by atoms with E-state index >= 15 is 0 Å². The normalized spacial score (nSPS) is 16.6. The maximum atomic E-state index is 13.7. The van der Waals surface area contributed by atoms with Gasteiger partial charge >= 0.3 is 7.12 Å². The van der Waals surface area contributed by atoms with E-state index < -0.39 is 19.1 Å². The van der Waals surface area contributed by atoms with Crippen molar-refractivity contribution in [2.75, 3.05) is 26.3 Å². The quantitative estimate of drug-likeness (QED) is 0.376. The summed E-state index contributed by atoms with van der Waals surface area (Å²) in [6.45, 7) is 7.04. The van der Waals surface area contributed by atoms with Crippen LogP contribution in [0.5, 0.6) is 0 Å². The average Bonchev–Trinajstić information content (AvgIpc) is 2.88. The van der Waals surface area contributed by atoms with Gasteiger partial charge in [0.25, 0.3) is 5.91 Å². The lowest BCUT2D eigenvalue weighted by Crippen LogP contribution is -2.56. The van der Waals surface area contributed by atoms with Gasteiger partial charge in [0, 0.05) is 24.1 Å². The van der Waals surface area contributed by atoms with Crippen molar-refractivity contribution in [2.24, 2.45) is 5.92 Å². The van der Waals surface area contributed by atoms with Crippen LogP contribution in [0.15, 0.2) is 53.0 Å². The van der Waals surface area contributed by atoms with Crippen LogP contribution in [-0.4, -0.2) is 57.2 Å². The van der Waals surface area contributed by atoms with E-state index in [0.717, 1.165) is 36.0 Å². The molecular formula is C27H36BBrClN3O4. The van der Waals surface area contributed by atoms with Gasteiger partial charge < -0.3 is 25.3 Å². The summed E-state index contributed by atoms with van der Waals surface area (Å²) >= 11 is 9.68. The summed E-state index contributed by atoms with van der Waals surface area (Å²) in [6, 6.07) is 13.9. The highest BCUT2D eigenvalue weighted by Gasteiger charge is 2.35. The van der Waals surface area contributed by atoms with E-state index in [1.165, 1.54) is 0 Å². The second-order valence-electron chi connectivity index (χ2n) is 9.65. The largest absolute Gasteiger partial charge is 0.480 e. The van der Waals surface area contributed by atoms with Gasteiger partial charge in [-0.05, 0) is 62.0 Å². The van der Waals surface area contributed by atoms with Crippen molar-refractivity contribution in [2.45, 2.75) is 51.5 Å². The van der Waals surface area contributed by atoms with E-state index in [4.69, 9.17) is 20.9 Å². The highest BCUT2D eigenvalue weighted by molar-refractivity contribution is 9.10. The highest BCUT2D eigenvalue weighted by Crippen LogP contribution is 2.21. The predicted octanol–water partition coefficient (Wildman–Crippen LogP) is 4.42. The number of halogens is 2. The molecule has 0 unspecified atom stereocenters. The second-order valence-corrected chi connectivity index (χ2v) is 11.0. The zero-order valence-corrected chi connectivity index (χ0v) is 23.8. The van der Waals surface area contributed by atoms with Crippen LogP contribution in [0.25, 0.3) is 0 Å². The Balaban J connectivity index is 1.80. The van der Waals surface area contributed by atoms with Crippen molar-refractivity contribution in [3.05, 3.63) is 69.2 Å². The standard InChI is InChI=1S/C27H36BBrClN3O4/c1-19(2)16-25(28-36-14-6-12-31-13-7-15-37-28)33-27(35)24(17-20-8-4-3-5-9-20)32-26(34)22-18-21(29)10-11-23(22)30/h3-5,8-11,18-19,24-25,31H,6-7,12-17H2,1-2H3,(H,32,34)(H,33,35)/t24-,25-/m0/s1. The fraction of sp³-hybridized carbons (Fsp3) is 0.481. The van der Waals surface area contributed by atoms with Gasteiger partial charge in [-0.1, -0.05) is 71.7 Å². The molecule has 0 radical (unpaired) electrons. The van der Waals surface area contributed by atoms with Gasteiger partial charge in [-0.2, -0.15) is 0 Å². The SMILES string of the molecule is CC(C)C[C@H](NC(=O)[C@H](Cc1ccccc1)NC(=O)c1cc(Br)ccc1Cl)B1OCCCNCCCO1. The number of amides is 2. The van der Waals surface area contributed by atoms with Crippen molar-refractivity contribution in [1.29, 1.82) is 0 Å². The van der Waals surface area contributed by atoms with Crippen molar-refractivity contribution in [3.8, 4) is 0 Å². The minimum atomic E-state index is -0.816. The Hall–Kier alpha value is -1.91. The van der Waals surface area contributed by atoms with Gasteiger partial charge in [0.1, 0.15) is 6.04 Å². The van der Waals surface area contributed by atoms with Crippen molar-refractivity contribution < 1.29 is 18.9 Å². The first kappa shape index (κ1) is 29.6. The van der Waals surface area contributed by atoms with E-state index in [1.807, 2.05) is 30.3 Å². The van der Waals surface area contributed by atoms with Gasteiger partial charge in [-0.15, -0.1) is 0 Å². The molecule has 1 aliphatic heterocycles. The summed E-state index contributed by atoms with van der Waals surface area (Å²) in [4.78, 5) is 26.9. The Morgan fingerprint density at radius 3 is 2.38 bits per heavy atom. The molecule has 1 aliphatic rings. The maximum Gasteiger partial charge on any atom is 0.480 e. The number of benzene rings is 2. The molecule has 0 spiro atoms. The van der Waals surface area contributed by atoms with Crippen LogP contribution in [0.4, 0.5) is 0 Å². The molecule has 3 N–H and O–H groups in total. The lowest BCUT2D eigenvalue weighted by molar-refractivity contribution is -0.123. The summed E-state index contributed by atoms with van der Waals surface area (Å²) in [7, 11) is -0.558. The van der Waals surface area contributed by atoms with E-state index in [1.54, 1.807) is 18.2 Å². The zero-order valence-electron chi connectivity index (χ0n) is 21.5. The Bertz CT molecular complexity index is 1000. The summed E-state index contributed by atoms with van der Waals surface area (Å²) < 4.78 is 12.9. The summed E-state index contributed by atoms with van der Waals surface area (Å²) in [5.41, 5.74) is 1.23. The molecule has 2 atom stereocenters. The van der Waals surface area contributed by atoms with Crippen LogP contribution >= 0.6 is 27.5 Å². The number of rotatable bonds is 9. The Morgan fingerprint density at radius 2 is 1.73 bits per heavy atom. The zero-order chi connectivity index (χ0) is 26.6. The molecule has 3 rings (SSSR count). The first-order valence-corrected chi connectivity index (χ1v) is 14.0. The lowest BCUT2D eigenvalue weighted by atomic mass is 9.73. The Kier molecular flexibility index (Phi) is 12.4. The first-order chi connectivity index (χ1) is 17.8. The molecule has 0 saturated carbocycles. The minimum Gasteiger partial charge on any atom is -0.410 e. The molecule has 37 heavy (non-hydrogen) atoms. The Morgan fingerprint density at radius 1 is 1.05 bits per heavy atom. The predicted molar refractivity (Wildman–Crippen MR) is 152 cm³/mol. The molecule has 2 aromatic carbocycles. The third-order valence-electron chi connectivity index (χ3n) is 6.02. The maximum absolute atomic E-state index is 13.7. The molecular weight excluding hydrogens is 556 g/mol. The Labute approximate surface area is 233 Å². The fourth-order valence-electron chi connectivity index (χ4n) is 4.19. The van der Waals surface area contributed by atoms with Crippen LogP contribution in [-0.2, 0) is 20.5 Å². The number of carbonyl (C=O) groups excluding carboxylic acids is 2. The molecule has 0 bridgehead atoms. The van der Waals surface area contributed by atoms with Crippen LogP contribution < -0.4 is 16.0 Å². The molecule has 0 aromatic heterocycles. The van der Waals surface area contributed by atoms with E-state index in [-0.39, 0.29) is 11.8 Å². The topological polar surface area (TPSA) is 88.7 Å². The molecule has 2 aromatic rings. The minimum absolute atomic E-state index is 0.292. The molecule has 1 saturated heterocycles. The van der Waals surface area contributed by atoms with E-state index in [0.29, 0.717) is 42.6 Å². The number of hydrogen-bond donors (Lipinski definition) is 3. The average molecular weight is 593 g/mol. The van der Waals surface area contributed by atoms with Gasteiger partial charge in [-0.3, -0.25) is 9.59 Å². The summed E-state index contributed by atoms with van der Waals surface area (Å²) in [6.07, 6.45) is 2.74. The van der Waals surface area contributed by atoms with Gasteiger partial charge in [0.05, 0.1) is 16.5 Å². The third kappa shape index (κ3) is 10.1. The smallest absolute Gasteiger partial charge is 0.410 e. The molecule has 7 nitrogen and oxygen atoms in total. The third-order valence-corrected chi connectivity index (χ3v) is 6.84. The lowest BCUT2D eigenvalue weighted by Gasteiger charge is -2.29. The van der Waals surface area contributed by atoms with Crippen molar-refractivity contribution in [1.82, 2.24) is 16.0 Å². The van der Waals surface area contributed by atoms with Crippen molar-refractivity contribution >= 4 is 46.5 Å². The molecule has 200 valence electrons. The summed E-state index contributed by atoms with van der Waals surface area (Å²) in [5, 5.41) is 9.72. The number of hydrogen-bond acceptors (Lipinski definition) is 5. The highest BCUT2D eigenvalue weighted by atomic mass is 79.9. The van der Waals surface area contributed by atoms with Crippen LogP contribution in [0.3, 0.4) is 0 Å². The first-order valence-electron chi connectivity index (χ1n) is 12.9. The van der Waals surface area contributed by atoms with Crippen LogP contribution in [0, 0.1) is 5.92 Å². The fourth-order valence-corrected chi connectivity index (χ4v) is 4.76. The monoisotopic (exact) mass is 591 g/mol. The molecule has 10 heteroatoms. The van der Waals surface area contributed by atoms with Crippen LogP contribution in [0.1, 0.15) is 49.0 Å². The molecule has 2 amide bonds. The molecule has 1 heterocycles. The van der Waals surface area contributed by atoms with Gasteiger partial charge in [-0.25, -0.2) is 0 Å². The van der Waals surface area contributed by atoms with E-state index in [2.05, 4.69) is 45.7 Å². The summed E-state index contributed by atoms with van der Waals surface area (Å²) in [5.74, 6) is -0.761. The van der Waals surface area contributed by atoms with E-state index in [9.17, 15) is 9.59 Å². The number of carbonyl (C=O) groups is 2.